The molecule has 4 nitrogen and oxygen atoms in total. The van der Waals surface area contributed by atoms with Gasteiger partial charge in [-0.2, -0.15) is 0 Å². The minimum absolute atomic E-state index is 0.620. The molecule has 0 amide bonds. The molecule has 1 aromatic rings. The first-order valence-corrected chi connectivity index (χ1v) is 8.01. The second-order valence-corrected chi connectivity index (χ2v) is 5.79. The van der Waals surface area contributed by atoms with Gasteiger partial charge in [0.15, 0.2) is 0 Å². The maximum Gasteiger partial charge on any atom is 0.132 e. The first-order valence-electron chi connectivity index (χ1n) is 8.01. The summed E-state index contributed by atoms with van der Waals surface area (Å²) in [6, 6.07) is 3.49. The van der Waals surface area contributed by atoms with E-state index in [-0.39, 0.29) is 0 Å². The van der Waals surface area contributed by atoms with E-state index in [1.54, 1.807) is 6.33 Å². The number of aryl methyl sites for hydroxylation is 1. The second kappa shape index (κ2) is 7.58. The van der Waals surface area contributed by atoms with Crippen LogP contribution in [-0.4, -0.2) is 35.6 Å². The predicted molar refractivity (Wildman–Crippen MR) is 84.2 cm³/mol. The van der Waals surface area contributed by atoms with Gasteiger partial charge in [-0.05, 0) is 38.6 Å². The number of rotatable bonds is 6. The zero-order chi connectivity index (χ0) is 14.4. The smallest absolute Gasteiger partial charge is 0.132 e. The number of aromatic nitrogens is 2. The van der Waals surface area contributed by atoms with Crippen molar-refractivity contribution in [1.82, 2.24) is 15.3 Å². The maximum absolute atomic E-state index is 4.45. The summed E-state index contributed by atoms with van der Waals surface area (Å²) < 4.78 is 0. The van der Waals surface area contributed by atoms with Crippen LogP contribution in [0.15, 0.2) is 12.4 Å². The van der Waals surface area contributed by atoms with Crippen molar-refractivity contribution >= 4 is 5.82 Å². The van der Waals surface area contributed by atoms with Crippen LogP contribution >= 0.6 is 0 Å². The van der Waals surface area contributed by atoms with Crippen LogP contribution in [0.4, 0.5) is 5.82 Å². The zero-order valence-corrected chi connectivity index (χ0v) is 13.1. The fraction of sp³-hybridized carbons (Fsp3) is 0.750. The highest BCUT2D eigenvalue weighted by Crippen LogP contribution is 2.25. The van der Waals surface area contributed by atoms with Crippen LogP contribution in [0.25, 0.3) is 0 Å². The van der Waals surface area contributed by atoms with E-state index in [2.05, 4.69) is 47.1 Å². The van der Waals surface area contributed by atoms with Gasteiger partial charge in [0.05, 0.1) is 0 Å². The zero-order valence-electron chi connectivity index (χ0n) is 13.1. The van der Waals surface area contributed by atoms with Crippen LogP contribution in [-0.2, 0) is 6.42 Å². The van der Waals surface area contributed by atoms with Crippen LogP contribution in [0, 0.1) is 0 Å². The molecule has 1 N–H and O–H groups in total. The Kier molecular flexibility index (Phi) is 5.77. The molecule has 0 aliphatic heterocycles. The van der Waals surface area contributed by atoms with Gasteiger partial charge in [0.1, 0.15) is 12.1 Å². The van der Waals surface area contributed by atoms with Crippen molar-refractivity contribution in [2.24, 2.45) is 0 Å². The molecule has 4 heteroatoms. The van der Waals surface area contributed by atoms with Crippen LogP contribution in [0.1, 0.15) is 51.6 Å². The third-order valence-electron chi connectivity index (χ3n) is 4.31. The van der Waals surface area contributed by atoms with E-state index in [9.17, 15) is 0 Å². The quantitative estimate of drug-likeness (QED) is 0.867. The van der Waals surface area contributed by atoms with E-state index >= 15 is 0 Å². The Labute approximate surface area is 123 Å². The number of hydrogen-bond donors (Lipinski definition) is 1. The molecule has 112 valence electrons. The maximum atomic E-state index is 4.45. The van der Waals surface area contributed by atoms with E-state index in [4.69, 9.17) is 0 Å². The molecule has 1 saturated carbocycles. The van der Waals surface area contributed by atoms with Gasteiger partial charge in [-0.25, -0.2) is 9.97 Å². The van der Waals surface area contributed by atoms with E-state index in [0.29, 0.717) is 12.1 Å². The molecular formula is C16H28N4. The van der Waals surface area contributed by atoms with E-state index < -0.39 is 0 Å². The Morgan fingerprint density at radius 2 is 1.95 bits per heavy atom. The molecule has 20 heavy (non-hydrogen) atoms. The van der Waals surface area contributed by atoms with Gasteiger partial charge in [-0.1, -0.05) is 20.3 Å². The molecule has 0 bridgehead atoms. The molecule has 2 rings (SSSR count). The monoisotopic (exact) mass is 276 g/mol. The summed E-state index contributed by atoms with van der Waals surface area (Å²) in [4.78, 5) is 11.1. The second-order valence-electron chi connectivity index (χ2n) is 5.79. The van der Waals surface area contributed by atoms with Crippen molar-refractivity contribution in [3.8, 4) is 0 Å². The van der Waals surface area contributed by atoms with Crippen LogP contribution in [0.3, 0.4) is 0 Å². The van der Waals surface area contributed by atoms with Gasteiger partial charge in [0, 0.05) is 30.9 Å². The third kappa shape index (κ3) is 3.92. The van der Waals surface area contributed by atoms with Crippen molar-refractivity contribution in [2.45, 2.75) is 64.5 Å². The highest BCUT2D eigenvalue weighted by Gasteiger charge is 2.24. The molecule has 1 aromatic heterocycles. The minimum Gasteiger partial charge on any atom is -0.357 e. The van der Waals surface area contributed by atoms with E-state index in [1.165, 1.54) is 25.7 Å². The largest absolute Gasteiger partial charge is 0.357 e. The molecule has 0 saturated heterocycles. The summed E-state index contributed by atoms with van der Waals surface area (Å²) in [7, 11) is 2.18. The summed E-state index contributed by atoms with van der Waals surface area (Å²) in [5.41, 5.74) is 1.16. The number of anilines is 1. The van der Waals surface area contributed by atoms with E-state index in [1.807, 2.05) is 0 Å². The van der Waals surface area contributed by atoms with Crippen LogP contribution < -0.4 is 10.2 Å². The standard InChI is InChI=1S/C16H28N4/c1-4-6-14-11-16(19-12-18-14)20(3)15-9-7-13(8-10-15)17-5-2/h11-13,15,17H,4-10H2,1-3H3. The highest BCUT2D eigenvalue weighted by molar-refractivity contribution is 5.39. The molecule has 1 fully saturated rings. The first-order chi connectivity index (χ1) is 9.74. The lowest BCUT2D eigenvalue weighted by molar-refractivity contribution is 0.340. The molecule has 1 heterocycles. The average Bonchev–Trinajstić information content (AvgIpc) is 2.48. The number of hydrogen-bond acceptors (Lipinski definition) is 4. The SMILES string of the molecule is CCCc1cc(N(C)C2CCC(NCC)CC2)ncn1. The highest BCUT2D eigenvalue weighted by atomic mass is 15.2. The van der Waals surface area contributed by atoms with Gasteiger partial charge in [0.25, 0.3) is 0 Å². The van der Waals surface area contributed by atoms with E-state index in [0.717, 1.165) is 30.9 Å². The molecule has 1 aliphatic rings. The fourth-order valence-electron chi connectivity index (χ4n) is 3.11. The molecule has 0 radical (unpaired) electrons. The summed E-state index contributed by atoms with van der Waals surface area (Å²) in [5, 5.41) is 3.57. The van der Waals surface area contributed by atoms with Crippen molar-refractivity contribution in [1.29, 1.82) is 0 Å². The molecule has 0 unspecified atom stereocenters. The van der Waals surface area contributed by atoms with Gasteiger partial charge < -0.3 is 10.2 Å². The molecule has 0 aromatic carbocycles. The lowest BCUT2D eigenvalue weighted by Crippen LogP contribution is -2.41. The number of nitrogens with zero attached hydrogens (tertiary/aromatic N) is 3. The summed E-state index contributed by atoms with van der Waals surface area (Å²) in [5.74, 6) is 1.08. The summed E-state index contributed by atoms with van der Waals surface area (Å²) in [6.45, 7) is 5.46. The molecular weight excluding hydrogens is 248 g/mol. The van der Waals surface area contributed by atoms with Gasteiger partial charge in [-0.15, -0.1) is 0 Å². The molecule has 0 spiro atoms. The Morgan fingerprint density at radius 3 is 2.60 bits per heavy atom. The van der Waals surface area contributed by atoms with Crippen molar-refractivity contribution in [3.05, 3.63) is 18.1 Å². The van der Waals surface area contributed by atoms with Gasteiger partial charge >= 0.3 is 0 Å². The predicted octanol–water partition coefficient (Wildman–Crippen LogP) is 2.79. The first kappa shape index (κ1) is 15.2. The van der Waals surface area contributed by atoms with Crippen LogP contribution in [0.5, 0.6) is 0 Å². The summed E-state index contributed by atoms with van der Waals surface area (Å²) >= 11 is 0. The molecule has 0 atom stereocenters. The number of nitrogens with one attached hydrogen (secondary N) is 1. The normalized spacial score (nSPS) is 22.8. The van der Waals surface area contributed by atoms with Gasteiger partial charge in [0.2, 0.25) is 0 Å². The van der Waals surface area contributed by atoms with Crippen LogP contribution in [0.2, 0.25) is 0 Å². The fourth-order valence-corrected chi connectivity index (χ4v) is 3.11. The Morgan fingerprint density at radius 1 is 1.20 bits per heavy atom. The Balaban J connectivity index is 1.94. The minimum atomic E-state index is 0.620. The Bertz CT molecular complexity index is 399. The lowest BCUT2D eigenvalue weighted by atomic mass is 9.90. The van der Waals surface area contributed by atoms with Gasteiger partial charge in [-0.3, -0.25) is 0 Å². The third-order valence-corrected chi connectivity index (χ3v) is 4.31. The van der Waals surface area contributed by atoms with Crippen molar-refractivity contribution < 1.29 is 0 Å². The van der Waals surface area contributed by atoms with Crippen molar-refractivity contribution in [3.63, 3.8) is 0 Å². The topological polar surface area (TPSA) is 41.0 Å². The van der Waals surface area contributed by atoms with Crippen molar-refractivity contribution in [2.75, 3.05) is 18.5 Å². The summed E-state index contributed by atoms with van der Waals surface area (Å²) in [6.07, 6.45) is 8.93. The lowest BCUT2D eigenvalue weighted by Gasteiger charge is -2.35. The average molecular weight is 276 g/mol. The Hall–Kier alpha value is -1.16. The molecule has 1 aliphatic carbocycles.